The molecule has 0 aliphatic carbocycles. The summed E-state index contributed by atoms with van der Waals surface area (Å²) in [6, 6.07) is 0. The maximum absolute atomic E-state index is 6.19. The highest BCUT2D eigenvalue weighted by Crippen LogP contribution is 2.17. The third-order valence-electron chi connectivity index (χ3n) is 3.60. The number of hydrogen-bond acceptors (Lipinski definition) is 3. The summed E-state index contributed by atoms with van der Waals surface area (Å²) in [4.78, 5) is 0. The Balaban J connectivity index is 4.21. The zero-order valence-corrected chi connectivity index (χ0v) is 16.1. The quantitative estimate of drug-likeness (QED) is 0.292. The molecule has 1 unspecified atom stereocenters. The Morgan fingerprint density at radius 2 is 1.24 bits per heavy atom. The molecule has 0 saturated carbocycles. The molecule has 21 heavy (non-hydrogen) atoms. The molecule has 3 nitrogen and oxygen atoms in total. The van der Waals surface area contributed by atoms with Crippen LogP contribution in [0.25, 0.3) is 0 Å². The summed E-state index contributed by atoms with van der Waals surface area (Å²) in [5.74, 6) is 0. The average molecular weight is 319 g/mol. The molecule has 0 aromatic heterocycles. The highest BCUT2D eigenvalue weighted by Gasteiger charge is 2.36. The maximum Gasteiger partial charge on any atom is 0.497 e. The summed E-state index contributed by atoms with van der Waals surface area (Å²) in [6.45, 7) is 12.4. The van der Waals surface area contributed by atoms with Gasteiger partial charge in [0.1, 0.15) is 0 Å². The van der Waals surface area contributed by atoms with Crippen LogP contribution in [-0.4, -0.2) is 28.1 Å². The van der Waals surface area contributed by atoms with Crippen LogP contribution in [0, 0.1) is 0 Å². The van der Waals surface area contributed by atoms with Crippen molar-refractivity contribution in [2.45, 2.75) is 98.1 Å². The van der Waals surface area contributed by atoms with E-state index >= 15 is 0 Å². The van der Waals surface area contributed by atoms with E-state index in [0.717, 1.165) is 32.5 Å². The first-order valence-electron chi connectivity index (χ1n) is 9.03. The third kappa shape index (κ3) is 12.3. The zero-order chi connectivity index (χ0) is 16.0. The van der Waals surface area contributed by atoms with E-state index in [4.69, 9.17) is 13.3 Å². The Hall–Kier alpha value is 0.0969. The number of rotatable bonds is 15. The van der Waals surface area contributed by atoms with Gasteiger partial charge < -0.3 is 13.3 Å². The predicted molar refractivity (Wildman–Crippen MR) is 92.6 cm³/mol. The average Bonchev–Trinajstić information content (AvgIpc) is 2.46. The van der Waals surface area contributed by atoms with Crippen LogP contribution in [0.1, 0.15) is 85.5 Å². The van der Waals surface area contributed by atoms with Crippen LogP contribution in [0.15, 0.2) is 0 Å². The fourth-order valence-electron chi connectivity index (χ4n) is 2.24. The fraction of sp³-hybridized carbons (Fsp3) is 1.00. The Kier molecular flexibility index (Phi) is 13.8. The smallest absolute Gasteiger partial charge is 0.374 e. The minimum atomic E-state index is -2.46. The molecular formula is C17H38O3Si. The Labute approximate surface area is 134 Å². The minimum Gasteiger partial charge on any atom is -0.374 e. The summed E-state index contributed by atoms with van der Waals surface area (Å²) < 4.78 is 18.3. The van der Waals surface area contributed by atoms with Gasteiger partial charge in [-0.05, 0) is 26.2 Å². The van der Waals surface area contributed by atoms with Crippen LogP contribution in [0.2, 0.25) is 6.55 Å². The highest BCUT2D eigenvalue weighted by molar-refractivity contribution is 6.59. The second-order valence-corrected chi connectivity index (χ2v) is 8.58. The summed E-state index contributed by atoms with van der Waals surface area (Å²) in [6.07, 6.45) is 10.8. The fourth-order valence-corrected chi connectivity index (χ4v) is 4.34. The molecule has 0 N–H and O–H groups in total. The minimum absolute atomic E-state index is 0.235. The van der Waals surface area contributed by atoms with E-state index in [1.54, 1.807) is 0 Å². The molecule has 0 rings (SSSR count). The first kappa shape index (κ1) is 21.1. The van der Waals surface area contributed by atoms with E-state index in [1.807, 2.05) is 0 Å². The van der Waals surface area contributed by atoms with Crippen LogP contribution in [0.3, 0.4) is 0 Å². The van der Waals surface area contributed by atoms with Crippen molar-refractivity contribution in [2.24, 2.45) is 0 Å². The van der Waals surface area contributed by atoms with Crippen LogP contribution in [-0.2, 0) is 13.3 Å². The molecule has 0 fully saturated rings. The molecule has 0 aromatic rings. The summed E-state index contributed by atoms with van der Waals surface area (Å²) in [5, 5.41) is 0. The van der Waals surface area contributed by atoms with Crippen molar-refractivity contribution in [2.75, 3.05) is 13.2 Å². The lowest BCUT2D eigenvalue weighted by molar-refractivity contribution is 0.0330. The Morgan fingerprint density at radius 1 is 0.762 bits per heavy atom. The maximum atomic E-state index is 6.19. The molecule has 4 heteroatoms. The van der Waals surface area contributed by atoms with E-state index < -0.39 is 8.80 Å². The van der Waals surface area contributed by atoms with Crippen molar-refractivity contribution in [3.8, 4) is 0 Å². The van der Waals surface area contributed by atoms with E-state index in [-0.39, 0.29) is 6.10 Å². The Bertz CT molecular complexity index is 212. The number of hydrogen-bond donors (Lipinski definition) is 0. The van der Waals surface area contributed by atoms with Gasteiger partial charge in [-0.1, -0.05) is 59.3 Å². The standard InChI is InChI=1S/C17H38O3Si/c1-6-9-12-15-18-21(5,19-16-13-10-7-2)20-17(4)14-11-8-3/h17H,6-16H2,1-5H3. The lowest BCUT2D eigenvalue weighted by Crippen LogP contribution is -2.45. The zero-order valence-electron chi connectivity index (χ0n) is 15.1. The molecule has 0 amide bonds. The predicted octanol–water partition coefficient (Wildman–Crippen LogP) is 5.56. The van der Waals surface area contributed by atoms with Gasteiger partial charge in [-0.25, -0.2) is 0 Å². The van der Waals surface area contributed by atoms with Crippen LogP contribution < -0.4 is 0 Å². The van der Waals surface area contributed by atoms with Gasteiger partial charge in [0.15, 0.2) is 0 Å². The molecule has 128 valence electrons. The summed E-state index contributed by atoms with van der Waals surface area (Å²) in [7, 11) is -2.46. The molecular weight excluding hydrogens is 280 g/mol. The molecule has 0 aliphatic heterocycles. The van der Waals surface area contributed by atoms with Crippen molar-refractivity contribution in [1.82, 2.24) is 0 Å². The van der Waals surface area contributed by atoms with Crippen molar-refractivity contribution in [3.05, 3.63) is 0 Å². The highest BCUT2D eigenvalue weighted by atomic mass is 28.4. The van der Waals surface area contributed by atoms with Crippen molar-refractivity contribution in [1.29, 1.82) is 0 Å². The molecule has 0 heterocycles. The second-order valence-electron chi connectivity index (χ2n) is 6.04. The normalized spacial score (nSPS) is 13.6. The van der Waals surface area contributed by atoms with Gasteiger partial charge in [-0.15, -0.1) is 0 Å². The lowest BCUT2D eigenvalue weighted by atomic mass is 10.2. The Morgan fingerprint density at radius 3 is 1.67 bits per heavy atom. The van der Waals surface area contributed by atoms with E-state index in [2.05, 4.69) is 34.2 Å². The van der Waals surface area contributed by atoms with Crippen LogP contribution in [0.4, 0.5) is 0 Å². The van der Waals surface area contributed by atoms with E-state index in [9.17, 15) is 0 Å². The molecule has 0 radical (unpaired) electrons. The van der Waals surface area contributed by atoms with Gasteiger partial charge in [-0.2, -0.15) is 0 Å². The molecule has 0 bridgehead atoms. The first-order chi connectivity index (χ1) is 10.1. The van der Waals surface area contributed by atoms with Gasteiger partial charge in [0, 0.05) is 25.9 Å². The molecule has 0 aromatic carbocycles. The van der Waals surface area contributed by atoms with Crippen molar-refractivity contribution < 1.29 is 13.3 Å². The van der Waals surface area contributed by atoms with Gasteiger partial charge in [-0.3, -0.25) is 0 Å². The molecule has 1 atom stereocenters. The van der Waals surface area contributed by atoms with Gasteiger partial charge in [0.2, 0.25) is 0 Å². The first-order valence-corrected chi connectivity index (χ1v) is 11.3. The number of unbranched alkanes of at least 4 members (excludes halogenated alkanes) is 5. The summed E-state index contributed by atoms with van der Waals surface area (Å²) in [5.41, 5.74) is 0. The summed E-state index contributed by atoms with van der Waals surface area (Å²) >= 11 is 0. The SMILES string of the molecule is CCCCCO[Si](C)(OCCCCC)OC(C)CCCC. The monoisotopic (exact) mass is 318 g/mol. The van der Waals surface area contributed by atoms with Gasteiger partial charge in [0.05, 0.1) is 0 Å². The van der Waals surface area contributed by atoms with Gasteiger partial charge in [0.25, 0.3) is 0 Å². The van der Waals surface area contributed by atoms with Gasteiger partial charge >= 0.3 is 8.80 Å². The van der Waals surface area contributed by atoms with Crippen LogP contribution >= 0.6 is 0 Å². The third-order valence-corrected chi connectivity index (χ3v) is 5.89. The van der Waals surface area contributed by atoms with Crippen molar-refractivity contribution in [3.63, 3.8) is 0 Å². The van der Waals surface area contributed by atoms with Crippen molar-refractivity contribution >= 4 is 8.80 Å². The molecule has 0 saturated heterocycles. The second kappa shape index (κ2) is 13.7. The topological polar surface area (TPSA) is 27.7 Å². The van der Waals surface area contributed by atoms with E-state index in [1.165, 1.54) is 38.5 Å². The lowest BCUT2D eigenvalue weighted by Gasteiger charge is -2.29. The van der Waals surface area contributed by atoms with Crippen LogP contribution in [0.5, 0.6) is 0 Å². The largest absolute Gasteiger partial charge is 0.497 e. The molecule has 0 aliphatic rings. The molecule has 0 spiro atoms. The van der Waals surface area contributed by atoms with E-state index in [0.29, 0.717) is 0 Å².